The standard InChI is InChI=1S/C55H51N.C5H8.2C2H6/c1-11-16-20-47-46-21-18-17-19-41(46)29-48-35(8)43(31-50(47)48)30-49-36(9)51(42-25-22-34(7)39(13-3)28-42)53-37(10)52(44(14-4)33(6)12-2)45(15-5)55(53)54(49)40-26-23-38(32-56)24-27-40;1-3-5-4-2;2*1-2/h11-12,15-30H,1,8,10,13-14,31H2,2-7,9H3;3-5H,1H2,2H3;2*1-2H3/b20-16-,33-12-,43-30-,45-15+,52-44+;5-4-;;. The third kappa shape index (κ3) is 10.1. The Morgan fingerprint density at radius 2 is 1.42 bits per heavy atom. The molecular weight excluding hydrogens is 783 g/mol. The predicted octanol–water partition coefficient (Wildman–Crippen LogP) is 19.0. The second-order valence-electron chi connectivity index (χ2n) is 15.8. The first-order valence-electron chi connectivity index (χ1n) is 23.5. The average Bonchev–Trinajstić information content (AvgIpc) is 3.81. The highest BCUT2D eigenvalue weighted by Crippen LogP contribution is 2.57. The van der Waals surface area contributed by atoms with Gasteiger partial charge in [-0.1, -0.05) is 177 Å². The van der Waals surface area contributed by atoms with Crippen molar-refractivity contribution in [1.29, 1.82) is 5.26 Å². The summed E-state index contributed by atoms with van der Waals surface area (Å²) in [6, 6.07) is 28.4. The minimum absolute atomic E-state index is 0.644. The molecule has 0 amide bonds. The summed E-state index contributed by atoms with van der Waals surface area (Å²) >= 11 is 0. The molecule has 2 aliphatic carbocycles. The van der Waals surface area contributed by atoms with Gasteiger partial charge in [-0.15, -0.1) is 0 Å². The molecule has 0 aliphatic heterocycles. The molecule has 7 rings (SSSR count). The van der Waals surface area contributed by atoms with Crippen molar-refractivity contribution < 1.29 is 0 Å². The number of nitriles is 1. The first kappa shape index (κ1) is 50.9. The number of hydrogen-bond acceptors (Lipinski definition) is 1. The molecule has 0 fully saturated rings. The van der Waals surface area contributed by atoms with Crippen LogP contribution in [0.5, 0.6) is 0 Å². The zero-order valence-electron chi connectivity index (χ0n) is 41.5. The van der Waals surface area contributed by atoms with Crippen LogP contribution in [0.2, 0.25) is 0 Å². The summed E-state index contributed by atoms with van der Waals surface area (Å²) in [7, 11) is 0. The van der Waals surface area contributed by atoms with Crippen LogP contribution in [-0.4, -0.2) is 0 Å². The fraction of sp³-hybridized carbons (Fsp3) is 0.234. The van der Waals surface area contributed by atoms with Crippen molar-refractivity contribution in [1.82, 2.24) is 0 Å². The molecule has 5 aromatic rings. The first-order chi connectivity index (χ1) is 31.5. The zero-order valence-corrected chi connectivity index (χ0v) is 41.5. The largest absolute Gasteiger partial charge is 0.192 e. The van der Waals surface area contributed by atoms with Gasteiger partial charge in [0.2, 0.25) is 0 Å². The van der Waals surface area contributed by atoms with Crippen LogP contribution in [0.4, 0.5) is 0 Å². The Hall–Kier alpha value is -6.75. The highest BCUT2D eigenvalue weighted by molar-refractivity contribution is 6.17. The van der Waals surface area contributed by atoms with Crippen LogP contribution in [0.15, 0.2) is 164 Å². The molecular formula is C64H71N. The van der Waals surface area contributed by atoms with E-state index in [1.807, 2.05) is 71.1 Å². The van der Waals surface area contributed by atoms with Crippen molar-refractivity contribution in [3.8, 4) is 28.3 Å². The summed E-state index contributed by atoms with van der Waals surface area (Å²) in [6.07, 6.45) is 21.2. The van der Waals surface area contributed by atoms with Crippen molar-refractivity contribution in [2.75, 3.05) is 0 Å². The molecule has 332 valence electrons. The molecule has 1 nitrogen and oxygen atoms in total. The van der Waals surface area contributed by atoms with Gasteiger partial charge < -0.3 is 0 Å². The Balaban J connectivity index is 0.000000950. The van der Waals surface area contributed by atoms with Crippen LogP contribution in [0, 0.1) is 25.2 Å². The summed E-state index contributed by atoms with van der Waals surface area (Å²) in [5, 5.41) is 12.3. The molecule has 0 radical (unpaired) electrons. The molecule has 5 aromatic carbocycles. The van der Waals surface area contributed by atoms with Crippen LogP contribution < -0.4 is 0 Å². The zero-order chi connectivity index (χ0) is 48.0. The Kier molecular flexibility index (Phi) is 18.6. The number of nitrogens with zero attached hydrogens (tertiary/aromatic N) is 1. The second kappa shape index (κ2) is 23.8. The van der Waals surface area contributed by atoms with Gasteiger partial charge in [0.1, 0.15) is 0 Å². The predicted molar refractivity (Wildman–Crippen MR) is 292 cm³/mol. The molecule has 0 saturated heterocycles. The van der Waals surface area contributed by atoms with E-state index in [0.29, 0.717) is 5.56 Å². The van der Waals surface area contributed by atoms with Gasteiger partial charge in [-0.05, 0) is 202 Å². The number of hydrogen-bond donors (Lipinski definition) is 0. The molecule has 0 unspecified atom stereocenters. The summed E-state index contributed by atoms with van der Waals surface area (Å²) in [4.78, 5) is 0. The van der Waals surface area contributed by atoms with E-state index in [-0.39, 0.29) is 0 Å². The highest BCUT2D eigenvalue weighted by Gasteiger charge is 2.36. The summed E-state index contributed by atoms with van der Waals surface area (Å²) in [6.45, 7) is 42.6. The van der Waals surface area contributed by atoms with Crippen LogP contribution in [0.25, 0.3) is 61.9 Å². The Morgan fingerprint density at radius 1 is 0.754 bits per heavy atom. The molecule has 0 saturated carbocycles. The molecule has 0 aromatic heterocycles. The van der Waals surface area contributed by atoms with Gasteiger partial charge in [0.25, 0.3) is 0 Å². The van der Waals surface area contributed by atoms with Gasteiger partial charge in [0.05, 0.1) is 11.6 Å². The normalized spacial score (nSPS) is 14.9. The van der Waals surface area contributed by atoms with Crippen molar-refractivity contribution >= 4 is 39.6 Å². The van der Waals surface area contributed by atoms with Gasteiger partial charge in [-0.25, -0.2) is 0 Å². The fourth-order valence-electron chi connectivity index (χ4n) is 9.25. The van der Waals surface area contributed by atoms with Crippen molar-refractivity contribution in [2.24, 2.45) is 0 Å². The number of fused-ring (bicyclic) bond motifs is 3. The highest BCUT2D eigenvalue weighted by atomic mass is 14.4. The van der Waals surface area contributed by atoms with Gasteiger partial charge in [0, 0.05) is 0 Å². The smallest absolute Gasteiger partial charge is 0.0991 e. The van der Waals surface area contributed by atoms with E-state index < -0.39 is 0 Å². The monoisotopic (exact) mass is 854 g/mol. The molecule has 0 bridgehead atoms. The molecule has 0 spiro atoms. The number of allylic oxidation sites excluding steroid dienone is 14. The lowest BCUT2D eigenvalue weighted by Crippen LogP contribution is -2.02. The summed E-state index contributed by atoms with van der Waals surface area (Å²) < 4.78 is 0. The number of aryl methyl sites for hydroxylation is 2. The summed E-state index contributed by atoms with van der Waals surface area (Å²) in [5.74, 6) is 0. The lowest BCUT2D eigenvalue weighted by atomic mass is 9.80. The van der Waals surface area contributed by atoms with E-state index in [2.05, 4.69) is 153 Å². The Bertz CT molecular complexity index is 2840. The van der Waals surface area contributed by atoms with Crippen molar-refractivity contribution in [3.05, 3.63) is 220 Å². The molecule has 0 heterocycles. The van der Waals surface area contributed by atoms with E-state index in [1.165, 1.54) is 105 Å². The van der Waals surface area contributed by atoms with Gasteiger partial charge in [-0.3, -0.25) is 0 Å². The van der Waals surface area contributed by atoms with E-state index in [1.54, 1.807) is 6.08 Å². The molecule has 2 aliphatic rings. The quantitative estimate of drug-likeness (QED) is 0.136. The minimum atomic E-state index is 0.644. The molecule has 0 atom stereocenters. The second-order valence-corrected chi connectivity index (χ2v) is 15.8. The number of benzene rings is 5. The lowest BCUT2D eigenvalue weighted by Gasteiger charge is -2.23. The van der Waals surface area contributed by atoms with E-state index in [0.717, 1.165) is 36.0 Å². The van der Waals surface area contributed by atoms with Crippen LogP contribution in [-0.2, 0) is 12.8 Å². The van der Waals surface area contributed by atoms with Gasteiger partial charge in [-0.2, -0.15) is 5.26 Å². The lowest BCUT2D eigenvalue weighted by molar-refractivity contribution is 1.09. The Labute approximate surface area is 393 Å². The molecule has 0 N–H and O–H groups in total. The maximum atomic E-state index is 9.83. The van der Waals surface area contributed by atoms with Crippen LogP contribution in [0.1, 0.15) is 131 Å². The topological polar surface area (TPSA) is 23.8 Å². The average molecular weight is 854 g/mol. The van der Waals surface area contributed by atoms with E-state index in [9.17, 15) is 5.26 Å². The number of rotatable bonds is 9. The third-order valence-electron chi connectivity index (χ3n) is 12.4. The van der Waals surface area contributed by atoms with E-state index in [4.69, 9.17) is 13.2 Å². The molecule has 1 heteroatoms. The van der Waals surface area contributed by atoms with E-state index >= 15 is 0 Å². The Morgan fingerprint density at radius 3 is 1.98 bits per heavy atom. The van der Waals surface area contributed by atoms with Gasteiger partial charge in [0.15, 0.2) is 0 Å². The maximum absolute atomic E-state index is 9.83. The minimum Gasteiger partial charge on any atom is -0.192 e. The maximum Gasteiger partial charge on any atom is 0.0991 e. The molecule has 65 heavy (non-hydrogen) atoms. The third-order valence-corrected chi connectivity index (χ3v) is 12.4. The van der Waals surface area contributed by atoms with Crippen molar-refractivity contribution in [2.45, 2.75) is 102 Å². The SMILES string of the molecule is C=C/C=C\C.C=C/C=C\c1c2c(cc3ccccc13)C(=C)/C(=C\c1c(C)c(-c3ccc(C)c(CC)c3)c3c(c1-c1ccc(C#N)cc1)C(=C/C)/C(=C(CC)/C(C)=C\C)C3=C)C2.CC.CC. The van der Waals surface area contributed by atoms with Crippen LogP contribution in [0.3, 0.4) is 0 Å². The van der Waals surface area contributed by atoms with Crippen molar-refractivity contribution in [3.63, 3.8) is 0 Å². The summed E-state index contributed by atoms with van der Waals surface area (Å²) in [5.41, 5.74) is 24.9. The van der Waals surface area contributed by atoms with Crippen LogP contribution >= 0.6 is 0 Å². The first-order valence-corrected chi connectivity index (χ1v) is 23.5. The van der Waals surface area contributed by atoms with Gasteiger partial charge >= 0.3 is 0 Å². The fourth-order valence-corrected chi connectivity index (χ4v) is 9.25.